The molecule has 1 spiro atoms. The van der Waals surface area contributed by atoms with Gasteiger partial charge in [0.1, 0.15) is 5.75 Å². The van der Waals surface area contributed by atoms with Gasteiger partial charge in [0.25, 0.3) is 0 Å². The number of morpholine rings is 1. The first-order chi connectivity index (χ1) is 15.5. The third-order valence-electron chi connectivity index (χ3n) is 6.94. The van der Waals surface area contributed by atoms with Crippen LogP contribution in [-0.2, 0) is 14.9 Å². The SMILES string of the molecule is COc1cc(N2CC(C)OC(C)C2)ccc1NC(=O)C1CC2(CNc3ccccc32)CN1. The van der Waals surface area contributed by atoms with E-state index in [9.17, 15) is 4.79 Å². The smallest absolute Gasteiger partial charge is 0.241 e. The number of ether oxygens (including phenoxy) is 2. The number of methoxy groups -OCH3 is 1. The second-order valence-electron chi connectivity index (χ2n) is 9.35. The normalized spacial score (nSPS) is 29.0. The lowest BCUT2D eigenvalue weighted by Crippen LogP contribution is -2.45. The van der Waals surface area contributed by atoms with Gasteiger partial charge in [0, 0.05) is 49.0 Å². The largest absolute Gasteiger partial charge is 0.494 e. The van der Waals surface area contributed by atoms with Crippen molar-refractivity contribution in [3.8, 4) is 5.75 Å². The average Bonchev–Trinajstić information content (AvgIpc) is 3.38. The summed E-state index contributed by atoms with van der Waals surface area (Å²) in [5, 5.41) is 10.0. The van der Waals surface area contributed by atoms with E-state index in [1.54, 1.807) is 7.11 Å². The van der Waals surface area contributed by atoms with Crippen LogP contribution in [0.1, 0.15) is 25.8 Å². The Kier molecular flexibility index (Phi) is 5.47. The molecule has 7 nitrogen and oxygen atoms in total. The van der Waals surface area contributed by atoms with Gasteiger partial charge in [-0.25, -0.2) is 0 Å². The Bertz CT molecular complexity index is 1000. The topological polar surface area (TPSA) is 74.9 Å². The van der Waals surface area contributed by atoms with Gasteiger partial charge in [0.05, 0.1) is 31.0 Å². The molecule has 1 amide bonds. The zero-order chi connectivity index (χ0) is 22.3. The van der Waals surface area contributed by atoms with Crippen LogP contribution in [-0.4, -0.2) is 57.4 Å². The number of hydrogen-bond donors (Lipinski definition) is 3. The lowest BCUT2D eigenvalue weighted by atomic mass is 9.80. The van der Waals surface area contributed by atoms with Crippen LogP contribution in [0.2, 0.25) is 0 Å². The van der Waals surface area contributed by atoms with Crippen molar-refractivity contribution in [3.63, 3.8) is 0 Å². The summed E-state index contributed by atoms with van der Waals surface area (Å²) in [7, 11) is 1.64. The number of nitrogens with zero attached hydrogens (tertiary/aromatic N) is 1. The van der Waals surface area contributed by atoms with Crippen molar-refractivity contribution >= 4 is 23.0 Å². The van der Waals surface area contributed by atoms with Crippen LogP contribution < -0.4 is 25.6 Å². The highest BCUT2D eigenvalue weighted by Crippen LogP contribution is 2.42. The Balaban J connectivity index is 1.29. The van der Waals surface area contributed by atoms with Crippen molar-refractivity contribution < 1.29 is 14.3 Å². The van der Waals surface area contributed by atoms with E-state index < -0.39 is 0 Å². The van der Waals surface area contributed by atoms with Crippen LogP contribution in [0.15, 0.2) is 42.5 Å². The molecule has 3 aliphatic heterocycles. The van der Waals surface area contributed by atoms with Crippen LogP contribution in [0.3, 0.4) is 0 Å². The minimum absolute atomic E-state index is 0.0223. The van der Waals surface area contributed by atoms with Gasteiger partial charge in [-0.2, -0.15) is 0 Å². The molecule has 2 saturated heterocycles. The number of anilines is 3. The van der Waals surface area contributed by atoms with Crippen molar-refractivity contribution in [2.45, 2.75) is 43.9 Å². The number of benzene rings is 2. The van der Waals surface area contributed by atoms with Gasteiger partial charge in [-0.3, -0.25) is 4.79 Å². The number of carbonyl (C=O) groups is 1. The highest BCUT2D eigenvalue weighted by atomic mass is 16.5. The summed E-state index contributed by atoms with van der Waals surface area (Å²) >= 11 is 0. The van der Waals surface area contributed by atoms with Gasteiger partial charge in [0.2, 0.25) is 5.91 Å². The lowest BCUT2D eigenvalue weighted by molar-refractivity contribution is -0.117. The first-order valence-electron chi connectivity index (χ1n) is 11.4. The van der Waals surface area contributed by atoms with Crippen molar-refractivity contribution in [2.24, 2.45) is 0 Å². The molecular formula is C25H32N4O3. The molecule has 4 atom stereocenters. The third-order valence-corrected chi connectivity index (χ3v) is 6.94. The number of hydrogen-bond acceptors (Lipinski definition) is 6. The number of fused-ring (bicyclic) bond motifs is 2. The van der Waals surface area contributed by atoms with Crippen LogP contribution >= 0.6 is 0 Å². The maximum atomic E-state index is 13.1. The van der Waals surface area contributed by atoms with Gasteiger partial charge in [-0.15, -0.1) is 0 Å². The summed E-state index contributed by atoms with van der Waals surface area (Å²) in [4.78, 5) is 15.4. The predicted octanol–water partition coefficient (Wildman–Crippen LogP) is 2.97. The minimum Gasteiger partial charge on any atom is -0.494 e. The molecule has 3 aliphatic rings. The molecule has 4 unspecified atom stereocenters. The molecule has 0 aromatic heterocycles. The predicted molar refractivity (Wildman–Crippen MR) is 127 cm³/mol. The van der Waals surface area contributed by atoms with E-state index in [2.05, 4.69) is 52.9 Å². The first-order valence-corrected chi connectivity index (χ1v) is 11.4. The number of amides is 1. The molecule has 2 fully saturated rings. The molecule has 5 rings (SSSR count). The van der Waals surface area contributed by atoms with Gasteiger partial charge in [-0.1, -0.05) is 18.2 Å². The maximum Gasteiger partial charge on any atom is 0.241 e. The lowest BCUT2D eigenvalue weighted by Gasteiger charge is -2.37. The standard InChI is InChI=1S/C25H32N4O3/c1-16-12-29(13-17(2)32-16)18-8-9-21(23(10-18)31-3)28-24(30)22-11-25(15-27-22)14-26-20-7-5-4-6-19(20)25/h4-10,16-17,22,26-27H,11-15H2,1-3H3,(H,28,30). The Labute approximate surface area is 189 Å². The monoisotopic (exact) mass is 436 g/mol. The Morgan fingerprint density at radius 3 is 2.72 bits per heavy atom. The molecule has 0 aliphatic carbocycles. The van der Waals surface area contributed by atoms with E-state index in [1.165, 1.54) is 11.3 Å². The zero-order valence-electron chi connectivity index (χ0n) is 19.0. The summed E-state index contributed by atoms with van der Waals surface area (Å²) in [6, 6.07) is 14.1. The van der Waals surface area contributed by atoms with E-state index in [4.69, 9.17) is 9.47 Å². The van der Waals surface area contributed by atoms with E-state index in [1.807, 2.05) is 24.3 Å². The molecule has 2 aromatic rings. The van der Waals surface area contributed by atoms with E-state index in [0.717, 1.165) is 38.3 Å². The molecule has 2 aromatic carbocycles. The third kappa shape index (κ3) is 3.80. The van der Waals surface area contributed by atoms with E-state index in [0.29, 0.717) is 11.4 Å². The van der Waals surface area contributed by atoms with Gasteiger partial charge in [-0.05, 0) is 44.0 Å². The first kappa shape index (κ1) is 21.1. The molecule has 0 saturated carbocycles. The highest BCUT2D eigenvalue weighted by Gasteiger charge is 2.46. The molecule has 0 radical (unpaired) electrons. The highest BCUT2D eigenvalue weighted by molar-refractivity contribution is 5.97. The van der Waals surface area contributed by atoms with Crippen molar-refractivity contribution in [2.75, 3.05) is 48.8 Å². The molecular weight excluding hydrogens is 404 g/mol. The van der Waals surface area contributed by atoms with Crippen molar-refractivity contribution in [3.05, 3.63) is 48.0 Å². The minimum atomic E-state index is -0.242. The summed E-state index contributed by atoms with van der Waals surface area (Å²) < 4.78 is 11.5. The number of para-hydroxylation sites is 1. The molecule has 32 heavy (non-hydrogen) atoms. The Morgan fingerprint density at radius 2 is 1.94 bits per heavy atom. The van der Waals surface area contributed by atoms with Crippen LogP contribution in [0, 0.1) is 0 Å². The number of nitrogens with one attached hydrogen (secondary N) is 3. The zero-order valence-corrected chi connectivity index (χ0v) is 19.0. The van der Waals surface area contributed by atoms with Crippen molar-refractivity contribution in [1.29, 1.82) is 0 Å². The number of rotatable bonds is 4. The Morgan fingerprint density at radius 1 is 1.16 bits per heavy atom. The van der Waals surface area contributed by atoms with Crippen molar-refractivity contribution in [1.82, 2.24) is 5.32 Å². The van der Waals surface area contributed by atoms with E-state index in [-0.39, 0.29) is 29.6 Å². The molecule has 170 valence electrons. The van der Waals surface area contributed by atoms with Crippen LogP contribution in [0.25, 0.3) is 0 Å². The molecule has 3 N–H and O–H groups in total. The summed E-state index contributed by atoms with van der Waals surface area (Å²) in [5.41, 5.74) is 4.23. The quantitative estimate of drug-likeness (QED) is 0.684. The molecule has 3 heterocycles. The fourth-order valence-electron chi connectivity index (χ4n) is 5.43. The molecule has 7 heteroatoms. The summed E-state index contributed by atoms with van der Waals surface area (Å²) in [6.45, 7) is 7.50. The van der Waals surface area contributed by atoms with Gasteiger partial charge >= 0.3 is 0 Å². The fraction of sp³-hybridized carbons (Fsp3) is 0.480. The second kappa shape index (κ2) is 8.30. The Hall–Kier alpha value is -2.77. The van der Waals surface area contributed by atoms with Crippen LogP contribution in [0.5, 0.6) is 5.75 Å². The second-order valence-corrected chi connectivity index (χ2v) is 9.35. The summed E-state index contributed by atoms with van der Waals surface area (Å²) in [6.07, 6.45) is 1.13. The molecule has 0 bridgehead atoms. The fourth-order valence-corrected chi connectivity index (χ4v) is 5.43. The van der Waals surface area contributed by atoms with Crippen LogP contribution in [0.4, 0.5) is 17.1 Å². The maximum absolute atomic E-state index is 13.1. The van der Waals surface area contributed by atoms with Gasteiger partial charge < -0.3 is 30.3 Å². The summed E-state index contributed by atoms with van der Waals surface area (Å²) in [5.74, 6) is 0.647. The van der Waals surface area contributed by atoms with E-state index >= 15 is 0 Å². The number of carbonyl (C=O) groups excluding carboxylic acids is 1. The average molecular weight is 437 g/mol. The van der Waals surface area contributed by atoms with Gasteiger partial charge in [0.15, 0.2) is 0 Å².